The molecule has 8 heteroatoms. The van der Waals surface area contributed by atoms with Crippen molar-refractivity contribution in [2.24, 2.45) is 0 Å². The molecule has 0 aromatic heterocycles. The normalized spacial score (nSPS) is 10.8. The predicted molar refractivity (Wildman–Crippen MR) is 106 cm³/mol. The van der Waals surface area contributed by atoms with Crippen LogP contribution in [0, 0.1) is 18.3 Å². The zero-order valence-corrected chi connectivity index (χ0v) is 15.7. The number of ether oxygens (including phenoxy) is 1. The quantitative estimate of drug-likeness (QED) is 0.527. The lowest BCUT2D eigenvalue weighted by molar-refractivity contribution is -0.138. The molecule has 3 rings (SSSR count). The van der Waals surface area contributed by atoms with E-state index < -0.39 is 17.8 Å². The van der Waals surface area contributed by atoms with Crippen molar-refractivity contribution in [3.63, 3.8) is 0 Å². The number of nitriles is 1. The molecule has 0 saturated heterocycles. The highest BCUT2D eigenvalue weighted by Gasteiger charge is 2.32. The molecule has 152 valence electrons. The van der Waals surface area contributed by atoms with Crippen LogP contribution in [0.1, 0.15) is 16.7 Å². The molecule has 0 saturated carbocycles. The Balaban J connectivity index is 1.67. The largest absolute Gasteiger partial charge is 0.457 e. The van der Waals surface area contributed by atoms with Gasteiger partial charge in [-0.05, 0) is 61.0 Å². The van der Waals surface area contributed by atoms with E-state index in [9.17, 15) is 18.0 Å². The third kappa shape index (κ3) is 5.29. The number of halogens is 3. The van der Waals surface area contributed by atoms with Crippen LogP contribution in [-0.4, -0.2) is 6.03 Å². The monoisotopic (exact) mass is 411 g/mol. The molecule has 0 aliphatic heterocycles. The minimum absolute atomic E-state index is 0.0235. The molecular formula is C22H16F3N3O2. The zero-order valence-electron chi connectivity index (χ0n) is 15.7. The summed E-state index contributed by atoms with van der Waals surface area (Å²) in [5.74, 6) is 0.946. The summed E-state index contributed by atoms with van der Waals surface area (Å²) in [4.78, 5) is 12.2. The first-order valence-corrected chi connectivity index (χ1v) is 8.78. The van der Waals surface area contributed by atoms with Crippen molar-refractivity contribution >= 4 is 17.4 Å². The number of carbonyl (C=O) groups excluding carboxylic acids is 1. The minimum Gasteiger partial charge on any atom is -0.457 e. The number of urea groups is 1. The lowest BCUT2D eigenvalue weighted by Gasteiger charge is -2.13. The van der Waals surface area contributed by atoms with Gasteiger partial charge in [0.25, 0.3) is 0 Å². The van der Waals surface area contributed by atoms with Gasteiger partial charge in [-0.2, -0.15) is 18.4 Å². The number of hydrogen-bond acceptors (Lipinski definition) is 3. The van der Waals surface area contributed by atoms with Gasteiger partial charge < -0.3 is 15.4 Å². The Bertz CT molecular complexity index is 1100. The Labute approximate surface area is 170 Å². The summed E-state index contributed by atoms with van der Waals surface area (Å²) in [6.07, 6.45) is -4.50. The Morgan fingerprint density at radius 3 is 2.23 bits per heavy atom. The van der Waals surface area contributed by atoms with E-state index in [2.05, 4.69) is 10.6 Å². The van der Waals surface area contributed by atoms with Crippen molar-refractivity contribution in [2.45, 2.75) is 13.1 Å². The molecule has 3 aromatic rings. The van der Waals surface area contributed by atoms with E-state index in [0.29, 0.717) is 22.7 Å². The highest BCUT2D eigenvalue weighted by Crippen LogP contribution is 2.33. The number of alkyl halides is 3. The van der Waals surface area contributed by atoms with Crippen LogP contribution < -0.4 is 15.4 Å². The van der Waals surface area contributed by atoms with Gasteiger partial charge >= 0.3 is 12.2 Å². The fraction of sp³-hybridized carbons (Fsp3) is 0.0909. The molecule has 0 radical (unpaired) electrons. The third-order valence-electron chi connectivity index (χ3n) is 4.11. The molecule has 0 unspecified atom stereocenters. The highest BCUT2D eigenvalue weighted by atomic mass is 19.4. The summed E-state index contributed by atoms with van der Waals surface area (Å²) in [7, 11) is 0. The van der Waals surface area contributed by atoms with E-state index in [0.717, 1.165) is 6.07 Å². The molecule has 2 N–H and O–H groups in total. The van der Waals surface area contributed by atoms with Gasteiger partial charge in [0.1, 0.15) is 11.5 Å². The van der Waals surface area contributed by atoms with Gasteiger partial charge in [-0.1, -0.05) is 12.1 Å². The molecule has 2 amide bonds. The van der Waals surface area contributed by atoms with Crippen molar-refractivity contribution in [3.05, 3.63) is 83.4 Å². The summed E-state index contributed by atoms with van der Waals surface area (Å²) >= 11 is 0. The van der Waals surface area contributed by atoms with E-state index >= 15 is 0 Å². The van der Waals surface area contributed by atoms with Crippen molar-refractivity contribution in [1.82, 2.24) is 0 Å². The van der Waals surface area contributed by atoms with Crippen LogP contribution in [0.15, 0.2) is 66.7 Å². The van der Waals surface area contributed by atoms with Gasteiger partial charge in [-0.15, -0.1) is 0 Å². The molecule has 0 heterocycles. The first kappa shape index (κ1) is 20.7. The van der Waals surface area contributed by atoms with Crippen LogP contribution in [0.25, 0.3) is 0 Å². The van der Waals surface area contributed by atoms with E-state index in [4.69, 9.17) is 10.00 Å². The van der Waals surface area contributed by atoms with Gasteiger partial charge in [0.15, 0.2) is 0 Å². The number of nitrogens with one attached hydrogen (secondary N) is 2. The van der Waals surface area contributed by atoms with Crippen molar-refractivity contribution in [1.29, 1.82) is 5.26 Å². The van der Waals surface area contributed by atoms with Crippen LogP contribution in [0.5, 0.6) is 11.5 Å². The molecule has 0 atom stereocenters. The maximum absolute atomic E-state index is 13.0. The fourth-order valence-corrected chi connectivity index (χ4v) is 2.67. The second kappa shape index (κ2) is 8.57. The summed E-state index contributed by atoms with van der Waals surface area (Å²) < 4.78 is 44.7. The molecule has 5 nitrogen and oxygen atoms in total. The Kier molecular flexibility index (Phi) is 5.93. The Hall–Kier alpha value is -3.99. The predicted octanol–water partition coefficient (Wildman–Crippen LogP) is 6.32. The standard InChI is InChI=1S/C22H16F3N3O2/c1-14-5-8-17(12-20(14)22(23,24)25)28-21(29)27-16-3-2-4-19(11-16)30-18-9-6-15(13-26)7-10-18/h2-12H,1H3,(H2,27,28,29). The van der Waals surface area contributed by atoms with E-state index in [1.54, 1.807) is 48.5 Å². The van der Waals surface area contributed by atoms with Gasteiger partial charge in [0.2, 0.25) is 0 Å². The van der Waals surface area contributed by atoms with Gasteiger partial charge in [-0.3, -0.25) is 0 Å². The molecule has 30 heavy (non-hydrogen) atoms. The number of amides is 2. The van der Waals surface area contributed by atoms with Crippen molar-refractivity contribution in [2.75, 3.05) is 10.6 Å². The van der Waals surface area contributed by atoms with Crippen LogP contribution >= 0.6 is 0 Å². The Morgan fingerprint density at radius 1 is 0.933 bits per heavy atom. The van der Waals surface area contributed by atoms with E-state index in [1.165, 1.54) is 19.1 Å². The number of nitrogens with zero attached hydrogens (tertiary/aromatic N) is 1. The molecule has 0 spiro atoms. The maximum Gasteiger partial charge on any atom is 0.416 e. The second-order valence-electron chi connectivity index (χ2n) is 6.37. The SMILES string of the molecule is Cc1ccc(NC(=O)Nc2cccc(Oc3ccc(C#N)cc3)c2)cc1C(F)(F)F. The summed E-state index contributed by atoms with van der Waals surface area (Å²) in [5, 5.41) is 13.8. The van der Waals surface area contributed by atoms with E-state index in [-0.39, 0.29) is 11.3 Å². The number of hydrogen-bond donors (Lipinski definition) is 2. The third-order valence-corrected chi connectivity index (χ3v) is 4.11. The number of anilines is 2. The maximum atomic E-state index is 13.0. The minimum atomic E-state index is -4.50. The highest BCUT2D eigenvalue weighted by molar-refractivity contribution is 5.99. The van der Waals surface area contributed by atoms with Gasteiger partial charge in [0.05, 0.1) is 17.2 Å². The van der Waals surface area contributed by atoms with Crippen LogP contribution in [-0.2, 0) is 6.18 Å². The first-order chi connectivity index (χ1) is 14.2. The number of carbonyl (C=O) groups is 1. The van der Waals surface area contributed by atoms with E-state index in [1.807, 2.05) is 6.07 Å². The van der Waals surface area contributed by atoms with Crippen molar-refractivity contribution < 1.29 is 22.7 Å². The fourth-order valence-electron chi connectivity index (χ4n) is 2.67. The molecule has 0 aliphatic rings. The summed E-state index contributed by atoms with van der Waals surface area (Å²) in [5.41, 5.74) is 0.177. The molecule has 0 aliphatic carbocycles. The average molecular weight is 411 g/mol. The second-order valence-corrected chi connectivity index (χ2v) is 6.37. The number of rotatable bonds is 4. The van der Waals surface area contributed by atoms with Crippen LogP contribution in [0.2, 0.25) is 0 Å². The van der Waals surface area contributed by atoms with Crippen molar-refractivity contribution in [3.8, 4) is 17.6 Å². The molecule has 0 bridgehead atoms. The molecular weight excluding hydrogens is 395 g/mol. The first-order valence-electron chi connectivity index (χ1n) is 8.78. The molecule has 3 aromatic carbocycles. The lowest BCUT2D eigenvalue weighted by atomic mass is 10.1. The van der Waals surface area contributed by atoms with Gasteiger partial charge in [-0.25, -0.2) is 4.79 Å². The van der Waals surface area contributed by atoms with Crippen LogP contribution in [0.4, 0.5) is 29.3 Å². The summed E-state index contributed by atoms with van der Waals surface area (Å²) in [6.45, 7) is 1.35. The number of aryl methyl sites for hydroxylation is 1. The topological polar surface area (TPSA) is 74.2 Å². The van der Waals surface area contributed by atoms with Crippen LogP contribution in [0.3, 0.4) is 0 Å². The summed E-state index contributed by atoms with van der Waals surface area (Å²) in [6, 6.07) is 17.9. The average Bonchev–Trinajstić information content (AvgIpc) is 2.69. The smallest absolute Gasteiger partial charge is 0.416 e. The molecule has 0 fully saturated rings. The lowest BCUT2D eigenvalue weighted by Crippen LogP contribution is -2.20. The zero-order chi connectivity index (χ0) is 21.7. The Morgan fingerprint density at radius 2 is 1.60 bits per heavy atom. The van der Waals surface area contributed by atoms with Gasteiger partial charge in [0, 0.05) is 17.4 Å². The number of benzene rings is 3.